The van der Waals surface area contributed by atoms with Crippen LogP contribution >= 0.6 is 11.3 Å². The Morgan fingerprint density at radius 1 is 1.24 bits per heavy atom. The smallest absolute Gasteiger partial charge is 0.266 e. The molecule has 0 unspecified atom stereocenters. The van der Waals surface area contributed by atoms with Crippen LogP contribution in [0.5, 0.6) is 5.75 Å². The number of aryl methyl sites for hydroxylation is 1. The molecule has 29 heavy (non-hydrogen) atoms. The third-order valence-electron chi connectivity index (χ3n) is 4.54. The summed E-state index contributed by atoms with van der Waals surface area (Å²) in [6.45, 7) is 2.52. The SMILES string of the molecule is COc1ccc(-c2cn3c(C)c(C(=O)NCCn4ncccc4=O)sc3n2)cc1. The lowest BCUT2D eigenvalue weighted by molar-refractivity contribution is 0.0955. The summed E-state index contributed by atoms with van der Waals surface area (Å²) in [5, 5.41) is 6.82. The van der Waals surface area contributed by atoms with Gasteiger partial charge in [0.15, 0.2) is 4.96 Å². The molecule has 0 radical (unpaired) electrons. The number of nitrogens with zero attached hydrogens (tertiary/aromatic N) is 4. The van der Waals surface area contributed by atoms with Gasteiger partial charge in [0.2, 0.25) is 0 Å². The lowest BCUT2D eigenvalue weighted by Crippen LogP contribution is -2.31. The van der Waals surface area contributed by atoms with Crippen molar-refractivity contribution < 1.29 is 9.53 Å². The van der Waals surface area contributed by atoms with E-state index in [1.165, 1.54) is 22.1 Å². The third-order valence-corrected chi connectivity index (χ3v) is 5.70. The van der Waals surface area contributed by atoms with E-state index in [0.717, 1.165) is 27.7 Å². The van der Waals surface area contributed by atoms with Crippen LogP contribution in [0.15, 0.2) is 53.6 Å². The topological polar surface area (TPSA) is 90.5 Å². The number of hydrogen-bond donors (Lipinski definition) is 1. The fourth-order valence-electron chi connectivity index (χ4n) is 2.97. The van der Waals surface area contributed by atoms with Gasteiger partial charge in [-0.15, -0.1) is 0 Å². The number of aromatic nitrogens is 4. The maximum atomic E-state index is 12.6. The van der Waals surface area contributed by atoms with E-state index in [0.29, 0.717) is 18.0 Å². The lowest BCUT2D eigenvalue weighted by Gasteiger charge is -2.05. The van der Waals surface area contributed by atoms with Gasteiger partial charge in [0.1, 0.15) is 10.6 Å². The molecule has 1 amide bonds. The molecule has 0 bridgehead atoms. The third kappa shape index (κ3) is 3.77. The second kappa shape index (κ2) is 7.88. The number of imidazole rings is 1. The van der Waals surface area contributed by atoms with Crippen molar-refractivity contribution in [2.24, 2.45) is 0 Å². The number of methoxy groups -OCH3 is 1. The van der Waals surface area contributed by atoms with Crippen molar-refractivity contribution >= 4 is 22.2 Å². The first kappa shape index (κ1) is 18.9. The van der Waals surface area contributed by atoms with E-state index in [2.05, 4.69) is 15.4 Å². The number of thiazole rings is 1. The molecule has 9 heteroatoms. The van der Waals surface area contributed by atoms with Crippen molar-refractivity contribution in [2.75, 3.05) is 13.7 Å². The highest BCUT2D eigenvalue weighted by atomic mass is 32.1. The van der Waals surface area contributed by atoms with Crippen LogP contribution in [0.2, 0.25) is 0 Å². The Balaban J connectivity index is 1.48. The molecule has 0 aliphatic rings. The monoisotopic (exact) mass is 409 g/mol. The van der Waals surface area contributed by atoms with Gasteiger partial charge in [0.05, 0.1) is 19.3 Å². The number of amides is 1. The summed E-state index contributed by atoms with van der Waals surface area (Å²) in [5.74, 6) is 0.603. The van der Waals surface area contributed by atoms with Crippen molar-refractivity contribution in [3.63, 3.8) is 0 Å². The Bertz CT molecular complexity index is 1220. The summed E-state index contributed by atoms with van der Waals surface area (Å²) < 4.78 is 8.42. The second-order valence-corrected chi connectivity index (χ2v) is 7.34. The zero-order valence-electron chi connectivity index (χ0n) is 16.0. The van der Waals surface area contributed by atoms with Gasteiger partial charge in [-0.3, -0.25) is 14.0 Å². The van der Waals surface area contributed by atoms with Crippen LogP contribution in [-0.4, -0.2) is 38.7 Å². The largest absolute Gasteiger partial charge is 0.497 e. The molecule has 3 aromatic heterocycles. The van der Waals surface area contributed by atoms with Crippen LogP contribution in [0.25, 0.3) is 16.2 Å². The molecular weight excluding hydrogens is 390 g/mol. The van der Waals surface area contributed by atoms with E-state index in [4.69, 9.17) is 4.74 Å². The molecule has 8 nitrogen and oxygen atoms in total. The van der Waals surface area contributed by atoms with Gasteiger partial charge in [-0.2, -0.15) is 5.10 Å². The summed E-state index contributed by atoms with van der Waals surface area (Å²) in [7, 11) is 1.63. The first-order chi connectivity index (χ1) is 14.1. The highest BCUT2D eigenvalue weighted by Crippen LogP contribution is 2.28. The predicted octanol–water partition coefficient (Wildman–Crippen LogP) is 2.37. The van der Waals surface area contributed by atoms with Crippen LogP contribution in [0, 0.1) is 6.92 Å². The predicted molar refractivity (Wildman–Crippen MR) is 111 cm³/mol. The highest BCUT2D eigenvalue weighted by Gasteiger charge is 2.18. The van der Waals surface area contributed by atoms with Crippen LogP contribution in [0.1, 0.15) is 15.4 Å². The molecule has 0 spiro atoms. The maximum Gasteiger partial charge on any atom is 0.266 e. The minimum absolute atomic E-state index is 0.187. The molecule has 1 N–H and O–H groups in total. The number of benzene rings is 1. The van der Waals surface area contributed by atoms with Gasteiger partial charge >= 0.3 is 0 Å². The van der Waals surface area contributed by atoms with Gasteiger partial charge in [-0.05, 0) is 37.3 Å². The highest BCUT2D eigenvalue weighted by molar-refractivity contribution is 7.19. The normalized spacial score (nSPS) is 11.0. The van der Waals surface area contributed by atoms with E-state index >= 15 is 0 Å². The average molecular weight is 409 g/mol. The molecule has 4 rings (SSSR count). The maximum absolute atomic E-state index is 12.6. The first-order valence-electron chi connectivity index (χ1n) is 9.00. The summed E-state index contributed by atoms with van der Waals surface area (Å²) in [6, 6.07) is 10.7. The van der Waals surface area contributed by atoms with E-state index in [-0.39, 0.29) is 11.5 Å². The van der Waals surface area contributed by atoms with Crippen LogP contribution < -0.4 is 15.6 Å². The molecule has 0 saturated heterocycles. The van der Waals surface area contributed by atoms with Crippen molar-refractivity contribution in [1.82, 2.24) is 24.5 Å². The molecule has 0 atom stereocenters. The van der Waals surface area contributed by atoms with Gasteiger partial charge < -0.3 is 10.1 Å². The van der Waals surface area contributed by atoms with Crippen molar-refractivity contribution in [3.8, 4) is 17.0 Å². The van der Waals surface area contributed by atoms with E-state index < -0.39 is 0 Å². The number of nitrogens with one attached hydrogen (secondary N) is 1. The fourth-order valence-corrected chi connectivity index (χ4v) is 4.00. The fraction of sp³-hybridized carbons (Fsp3) is 0.200. The standard InChI is InChI=1S/C20H19N5O3S/c1-13-18(19(27)21-10-11-25-17(26)4-3-9-22-25)29-20-23-16(12-24(13)20)14-5-7-15(28-2)8-6-14/h3-9,12H,10-11H2,1-2H3,(H,21,27). The number of ether oxygens (including phenoxy) is 1. The van der Waals surface area contributed by atoms with Gasteiger partial charge in [-0.1, -0.05) is 11.3 Å². The summed E-state index contributed by atoms with van der Waals surface area (Å²) in [4.78, 5) is 30.2. The Morgan fingerprint density at radius 3 is 2.72 bits per heavy atom. The molecule has 0 fully saturated rings. The Labute approximate surface area is 170 Å². The number of fused-ring (bicyclic) bond motifs is 1. The Kier molecular flexibility index (Phi) is 5.13. The number of carbonyl (C=O) groups excluding carboxylic acids is 1. The minimum Gasteiger partial charge on any atom is -0.497 e. The average Bonchev–Trinajstić information content (AvgIpc) is 3.29. The van der Waals surface area contributed by atoms with Crippen molar-refractivity contribution in [2.45, 2.75) is 13.5 Å². The summed E-state index contributed by atoms with van der Waals surface area (Å²) in [5.41, 5.74) is 2.44. The van der Waals surface area contributed by atoms with Crippen molar-refractivity contribution in [3.05, 3.63) is 69.7 Å². The zero-order valence-corrected chi connectivity index (χ0v) is 16.8. The van der Waals surface area contributed by atoms with Crippen molar-refractivity contribution in [1.29, 1.82) is 0 Å². The van der Waals surface area contributed by atoms with Gasteiger partial charge in [-0.25, -0.2) is 9.67 Å². The van der Waals surface area contributed by atoms with Gasteiger partial charge in [0, 0.05) is 36.3 Å². The molecule has 0 aliphatic heterocycles. The molecule has 0 aliphatic carbocycles. The lowest BCUT2D eigenvalue weighted by atomic mass is 10.2. The van der Waals surface area contributed by atoms with E-state index in [1.807, 2.05) is 41.8 Å². The molecular formula is C20H19N5O3S. The zero-order chi connectivity index (χ0) is 20.4. The number of hydrogen-bond acceptors (Lipinski definition) is 6. The quantitative estimate of drug-likeness (QED) is 0.528. The van der Waals surface area contributed by atoms with Gasteiger partial charge in [0.25, 0.3) is 11.5 Å². The molecule has 4 aromatic rings. The molecule has 3 heterocycles. The molecule has 0 saturated carbocycles. The second-order valence-electron chi connectivity index (χ2n) is 6.36. The van der Waals surface area contributed by atoms with E-state index in [1.54, 1.807) is 19.4 Å². The first-order valence-corrected chi connectivity index (χ1v) is 9.81. The van der Waals surface area contributed by atoms with Crippen LogP contribution in [0.3, 0.4) is 0 Å². The minimum atomic E-state index is -0.196. The molecule has 148 valence electrons. The number of carbonyl (C=O) groups is 1. The molecule has 1 aromatic carbocycles. The van der Waals surface area contributed by atoms with E-state index in [9.17, 15) is 9.59 Å². The number of rotatable bonds is 6. The van der Waals surface area contributed by atoms with Crippen LogP contribution in [-0.2, 0) is 6.54 Å². The summed E-state index contributed by atoms with van der Waals surface area (Å²) in [6.07, 6.45) is 3.47. The van der Waals surface area contributed by atoms with Crippen LogP contribution in [0.4, 0.5) is 0 Å². The Morgan fingerprint density at radius 2 is 2.03 bits per heavy atom. The summed E-state index contributed by atoms with van der Waals surface area (Å²) >= 11 is 1.34. The Hall–Kier alpha value is -3.46.